The van der Waals surface area contributed by atoms with Gasteiger partial charge in [-0.2, -0.15) is 0 Å². The minimum atomic E-state index is -0.747. The number of hydrogen-bond acceptors (Lipinski definition) is 3. The summed E-state index contributed by atoms with van der Waals surface area (Å²) in [4.78, 5) is 0. The van der Waals surface area contributed by atoms with Gasteiger partial charge >= 0.3 is 0 Å². The van der Waals surface area contributed by atoms with Gasteiger partial charge in [0.25, 0.3) is 0 Å². The van der Waals surface area contributed by atoms with Crippen molar-refractivity contribution in [2.75, 3.05) is 13.9 Å². The lowest BCUT2D eigenvalue weighted by Gasteiger charge is -2.21. The molecule has 0 heterocycles. The van der Waals surface area contributed by atoms with Crippen molar-refractivity contribution in [3.63, 3.8) is 0 Å². The van der Waals surface area contributed by atoms with Crippen LogP contribution < -0.4 is 0 Å². The maximum Gasteiger partial charge on any atom is 0.147 e. The number of ether oxygens (including phenoxy) is 2. The van der Waals surface area contributed by atoms with Gasteiger partial charge in [-0.3, -0.25) is 0 Å². The lowest BCUT2D eigenvalue weighted by molar-refractivity contribution is -0.104. The molecule has 3 heteroatoms. The molecule has 0 radical (unpaired) electrons. The molecule has 0 aromatic heterocycles. The zero-order valence-corrected chi connectivity index (χ0v) is 12.1. The molecule has 0 unspecified atom stereocenters. The van der Waals surface area contributed by atoms with E-state index in [0.717, 1.165) is 11.1 Å². The van der Waals surface area contributed by atoms with Crippen molar-refractivity contribution in [2.24, 2.45) is 0 Å². The molecule has 0 spiro atoms. The van der Waals surface area contributed by atoms with E-state index in [-0.39, 0.29) is 6.79 Å². The Balaban J connectivity index is 2.11. The number of rotatable bonds is 7. The van der Waals surface area contributed by atoms with Gasteiger partial charge in [0.05, 0.1) is 0 Å². The summed E-state index contributed by atoms with van der Waals surface area (Å²) in [6.45, 7) is 0.135. The largest absolute Gasteiger partial charge is 0.386 e. The van der Waals surface area contributed by atoms with Crippen LogP contribution in [0.5, 0.6) is 0 Å². The van der Waals surface area contributed by atoms with E-state index in [4.69, 9.17) is 9.47 Å². The highest BCUT2D eigenvalue weighted by Crippen LogP contribution is 2.22. The fourth-order valence-corrected chi connectivity index (χ4v) is 2.05. The van der Waals surface area contributed by atoms with Gasteiger partial charge in [-0.05, 0) is 11.1 Å². The molecule has 1 N–H and O–H groups in total. The van der Waals surface area contributed by atoms with Crippen LogP contribution in [0.3, 0.4) is 0 Å². The van der Waals surface area contributed by atoms with Crippen molar-refractivity contribution in [1.29, 1.82) is 0 Å². The van der Waals surface area contributed by atoms with Gasteiger partial charge < -0.3 is 14.6 Å². The predicted molar refractivity (Wildman–Crippen MR) is 83.6 cm³/mol. The molecule has 0 aliphatic rings. The van der Waals surface area contributed by atoms with Crippen LogP contribution in [-0.2, 0) is 9.47 Å². The first-order valence-electron chi connectivity index (χ1n) is 6.88. The van der Waals surface area contributed by atoms with Crippen molar-refractivity contribution < 1.29 is 14.6 Å². The first kappa shape index (κ1) is 15.4. The maximum atomic E-state index is 10.4. The lowest BCUT2D eigenvalue weighted by atomic mass is 10.0. The summed E-state index contributed by atoms with van der Waals surface area (Å²) in [5, 5.41) is 10.4. The van der Waals surface area contributed by atoms with Gasteiger partial charge in [0.2, 0.25) is 0 Å². The van der Waals surface area contributed by atoms with Crippen LogP contribution in [0.15, 0.2) is 66.7 Å². The molecule has 0 amide bonds. The first-order valence-corrected chi connectivity index (χ1v) is 6.88. The molecule has 2 atom stereocenters. The van der Waals surface area contributed by atoms with E-state index in [1.54, 1.807) is 13.2 Å². The molecule has 0 aliphatic carbocycles. The lowest BCUT2D eigenvalue weighted by Crippen LogP contribution is -2.20. The molecule has 0 saturated heterocycles. The maximum absolute atomic E-state index is 10.4. The fourth-order valence-electron chi connectivity index (χ4n) is 2.05. The van der Waals surface area contributed by atoms with E-state index < -0.39 is 12.2 Å². The van der Waals surface area contributed by atoms with E-state index in [9.17, 15) is 5.11 Å². The third-order valence-corrected chi connectivity index (χ3v) is 3.09. The van der Waals surface area contributed by atoms with E-state index >= 15 is 0 Å². The molecule has 2 aromatic rings. The zero-order valence-electron chi connectivity index (χ0n) is 12.1. The van der Waals surface area contributed by atoms with Crippen LogP contribution >= 0.6 is 0 Å². The zero-order chi connectivity index (χ0) is 14.9. The standard InChI is InChI=1S/C18H20O3/c1-20-14-21-18(16-10-6-3-7-11-16)17(19)13-12-15-8-4-2-5-9-15/h2-13,17-19H,14H2,1H3/b13-12-/t17-,18+/m1/s1. The summed E-state index contributed by atoms with van der Waals surface area (Å²) < 4.78 is 10.6. The Kier molecular flexibility index (Phi) is 6.16. The monoisotopic (exact) mass is 284 g/mol. The van der Waals surface area contributed by atoms with Crippen LogP contribution in [-0.4, -0.2) is 25.1 Å². The molecule has 21 heavy (non-hydrogen) atoms. The summed E-state index contributed by atoms with van der Waals surface area (Å²) in [6, 6.07) is 19.5. The van der Waals surface area contributed by atoms with Crippen LogP contribution in [0.25, 0.3) is 6.08 Å². The second-order valence-corrected chi connectivity index (χ2v) is 4.66. The summed E-state index contributed by atoms with van der Waals surface area (Å²) in [6.07, 6.45) is 2.42. The number of aliphatic hydroxyl groups excluding tert-OH is 1. The van der Waals surface area contributed by atoms with Crippen LogP contribution in [0.4, 0.5) is 0 Å². The van der Waals surface area contributed by atoms with Gasteiger partial charge in [0.1, 0.15) is 19.0 Å². The molecule has 3 nitrogen and oxygen atoms in total. The normalized spacial score (nSPS) is 14.2. The van der Waals surface area contributed by atoms with E-state index in [1.807, 2.05) is 66.7 Å². The SMILES string of the molecule is COCO[C@@H](c1ccccc1)[C@H](O)/C=C\c1ccccc1. The van der Waals surface area contributed by atoms with Crippen molar-refractivity contribution in [1.82, 2.24) is 0 Å². The van der Waals surface area contributed by atoms with Crippen LogP contribution in [0, 0.1) is 0 Å². The summed E-state index contributed by atoms with van der Waals surface area (Å²) >= 11 is 0. The highest BCUT2D eigenvalue weighted by Gasteiger charge is 2.19. The summed E-state index contributed by atoms with van der Waals surface area (Å²) in [5.41, 5.74) is 1.95. The van der Waals surface area contributed by atoms with Gasteiger partial charge in [-0.1, -0.05) is 72.8 Å². The smallest absolute Gasteiger partial charge is 0.147 e. The fraction of sp³-hybridized carbons (Fsp3) is 0.222. The molecule has 2 aromatic carbocycles. The highest BCUT2D eigenvalue weighted by atomic mass is 16.7. The Labute approximate surface area is 125 Å². The summed E-state index contributed by atoms with van der Waals surface area (Å²) in [7, 11) is 1.56. The van der Waals surface area contributed by atoms with Gasteiger partial charge in [-0.15, -0.1) is 0 Å². The second-order valence-electron chi connectivity index (χ2n) is 4.66. The number of hydrogen-bond donors (Lipinski definition) is 1. The van der Waals surface area contributed by atoms with Crippen LogP contribution in [0.1, 0.15) is 17.2 Å². The molecular formula is C18H20O3. The van der Waals surface area contributed by atoms with Crippen molar-refractivity contribution >= 4 is 6.08 Å². The van der Waals surface area contributed by atoms with Gasteiger partial charge in [-0.25, -0.2) is 0 Å². The third-order valence-electron chi connectivity index (χ3n) is 3.09. The third kappa shape index (κ3) is 4.83. The van der Waals surface area contributed by atoms with Gasteiger partial charge in [0, 0.05) is 7.11 Å². The first-order chi connectivity index (χ1) is 10.3. The van der Waals surface area contributed by atoms with Crippen LogP contribution in [0.2, 0.25) is 0 Å². The minimum Gasteiger partial charge on any atom is -0.386 e. The Morgan fingerprint density at radius 2 is 1.62 bits per heavy atom. The van der Waals surface area contributed by atoms with Gasteiger partial charge in [0.15, 0.2) is 0 Å². The molecular weight excluding hydrogens is 264 g/mol. The molecule has 0 fully saturated rings. The second kappa shape index (κ2) is 8.37. The minimum absolute atomic E-state index is 0.135. The average Bonchev–Trinajstić information content (AvgIpc) is 2.55. The number of methoxy groups -OCH3 is 1. The quantitative estimate of drug-likeness (QED) is 0.792. The Morgan fingerprint density at radius 1 is 1.00 bits per heavy atom. The van der Waals surface area contributed by atoms with Crippen molar-refractivity contribution in [3.8, 4) is 0 Å². The topological polar surface area (TPSA) is 38.7 Å². The number of aliphatic hydroxyl groups is 1. The van der Waals surface area contributed by atoms with E-state index in [1.165, 1.54) is 0 Å². The molecule has 0 bridgehead atoms. The Hall–Kier alpha value is -1.94. The Bertz CT molecular complexity index is 537. The number of benzene rings is 2. The highest BCUT2D eigenvalue weighted by molar-refractivity contribution is 5.49. The van der Waals surface area contributed by atoms with E-state index in [2.05, 4.69) is 0 Å². The molecule has 0 aliphatic heterocycles. The molecule has 0 saturated carbocycles. The van der Waals surface area contributed by atoms with Crippen molar-refractivity contribution in [2.45, 2.75) is 12.2 Å². The molecule has 2 rings (SSSR count). The van der Waals surface area contributed by atoms with Crippen molar-refractivity contribution in [3.05, 3.63) is 77.9 Å². The summed E-state index contributed by atoms with van der Waals surface area (Å²) in [5.74, 6) is 0. The predicted octanol–water partition coefficient (Wildman–Crippen LogP) is 3.42. The van der Waals surface area contributed by atoms with E-state index in [0.29, 0.717) is 0 Å². The average molecular weight is 284 g/mol. The Morgan fingerprint density at radius 3 is 2.24 bits per heavy atom. The molecule has 110 valence electrons.